The number of nitrogens with zero attached hydrogens (tertiary/aromatic N) is 1. The van der Waals surface area contributed by atoms with Crippen molar-refractivity contribution in [3.63, 3.8) is 0 Å². The molecule has 1 heterocycles. The number of aryl methyl sites for hydroxylation is 3. The van der Waals surface area contributed by atoms with Gasteiger partial charge in [-0.3, -0.25) is 10.1 Å². The molecule has 2 rings (SSSR count). The molecule has 0 radical (unpaired) electrons. The van der Waals surface area contributed by atoms with Gasteiger partial charge in [0, 0.05) is 34.1 Å². The number of nitro benzene ring substituents is 1. The molecule has 0 spiro atoms. The van der Waals surface area contributed by atoms with Gasteiger partial charge >= 0.3 is 0 Å². The molecule has 0 aliphatic carbocycles. The van der Waals surface area contributed by atoms with Crippen molar-refractivity contribution in [2.24, 2.45) is 0 Å². The Morgan fingerprint density at radius 3 is 2.53 bits per heavy atom. The summed E-state index contributed by atoms with van der Waals surface area (Å²) in [7, 11) is 0. The van der Waals surface area contributed by atoms with Crippen LogP contribution >= 0.6 is 11.3 Å². The van der Waals surface area contributed by atoms with Crippen LogP contribution in [0.2, 0.25) is 0 Å². The van der Waals surface area contributed by atoms with E-state index >= 15 is 0 Å². The molecule has 0 atom stereocenters. The minimum Gasteiger partial charge on any atom is -0.380 e. The second-order valence-corrected chi connectivity index (χ2v) is 5.90. The van der Waals surface area contributed by atoms with Crippen LogP contribution in [0.1, 0.15) is 20.9 Å². The lowest BCUT2D eigenvalue weighted by Gasteiger charge is -2.08. The summed E-state index contributed by atoms with van der Waals surface area (Å²) in [5, 5.41) is 14.0. The molecule has 0 aliphatic rings. The Morgan fingerprint density at radius 2 is 1.95 bits per heavy atom. The Kier molecular flexibility index (Phi) is 3.85. The van der Waals surface area contributed by atoms with Crippen LogP contribution in [0.5, 0.6) is 0 Å². The molecule has 0 saturated heterocycles. The normalized spacial score (nSPS) is 10.5. The highest BCUT2D eigenvalue weighted by Crippen LogP contribution is 2.25. The van der Waals surface area contributed by atoms with E-state index < -0.39 is 0 Å². The van der Waals surface area contributed by atoms with Gasteiger partial charge in [-0.25, -0.2) is 0 Å². The van der Waals surface area contributed by atoms with Gasteiger partial charge in [-0.15, -0.1) is 11.3 Å². The maximum absolute atomic E-state index is 10.8. The van der Waals surface area contributed by atoms with E-state index in [9.17, 15) is 10.1 Å². The number of nitrogens with one attached hydrogen (secondary N) is 1. The van der Waals surface area contributed by atoms with Crippen molar-refractivity contribution in [2.45, 2.75) is 27.3 Å². The van der Waals surface area contributed by atoms with E-state index in [1.165, 1.54) is 21.4 Å². The molecular weight excluding hydrogens is 260 g/mol. The maximum Gasteiger partial charge on any atom is 0.271 e. The van der Waals surface area contributed by atoms with Crippen LogP contribution in [0.3, 0.4) is 0 Å². The highest BCUT2D eigenvalue weighted by Gasteiger charge is 2.09. The summed E-state index contributed by atoms with van der Waals surface area (Å²) in [6.07, 6.45) is 0. The molecule has 0 fully saturated rings. The van der Waals surface area contributed by atoms with Crippen LogP contribution in [0.15, 0.2) is 24.3 Å². The van der Waals surface area contributed by atoms with Crippen molar-refractivity contribution in [3.05, 3.63) is 55.3 Å². The number of nitro groups is 1. The first-order chi connectivity index (χ1) is 8.97. The van der Waals surface area contributed by atoms with Gasteiger partial charge in [0.15, 0.2) is 0 Å². The van der Waals surface area contributed by atoms with E-state index in [4.69, 9.17) is 0 Å². The Labute approximate surface area is 116 Å². The quantitative estimate of drug-likeness (QED) is 0.672. The molecule has 0 amide bonds. The second-order valence-electron chi connectivity index (χ2n) is 4.56. The zero-order chi connectivity index (χ0) is 14.0. The number of rotatable bonds is 4. The zero-order valence-corrected chi connectivity index (χ0v) is 12.0. The lowest BCUT2D eigenvalue weighted by molar-refractivity contribution is -0.384. The summed E-state index contributed by atoms with van der Waals surface area (Å²) < 4.78 is 0. The van der Waals surface area contributed by atoms with Crippen LogP contribution in [0.25, 0.3) is 0 Å². The van der Waals surface area contributed by atoms with E-state index in [1.54, 1.807) is 23.5 Å². The number of anilines is 1. The van der Waals surface area contributed by atoms with Crippen LogP contribution < -0.4 is 5.32 Å². The fraction of sp³-hybridized carbons (Fsp3) is 0.286. The van der Waals surface area contributed by atoms with Crippen molar-refractivity contribution >= 4 is 22.7 Å². The van der Waals surface area contributed by atoms with Gasteiger partial charge in [-0.2, -0.15) is 0 Å². The van der Waals surface area contributed by atoms with Crippen LogP contribution in [-0.4, -0.2) is 4.92 Å². The highest BCUT2D eigenvalue weighted by atomic mass is 32.1. The predicted octanol–water partition coefficient (Wildman–Crippen LogP) is 4.19. The van der Waals surface area contributed by atoms with Gasteiger partial charge in [-0.05, 0) is 38.0 Å². The van der Waals surface area contributed by atoms with Crippen molar-refractivity contribution in [1.82, 2.24) is 0 Å². The van der Waals surface area contributed by atoms with Crippen LogP contribution in [0.4, 0.5) is 11.4 Å². The van der Waals surface area contributed by atoms with E-state index in [-0.39, 0.29) is 10.6 Å². The van der Waals surface area contributed by atoms with Crippen molar-refractivity contribution in [1.29, 1.82) is 0 Å². The molecule has 1 N–H and O–H groups in total. The van der Waals surface area contributed by atoms with E-state index in [1.807, 2.05) is 6.92 Å². The third-order valence-corrected chi connectivity index (χ3v) is 4.25. The lowest BCUT2D eigenvalue weighted by atomic mass is 10.2. The average Bonchev–Trinajstić information content (AvgIpc) is 2.67. The number of hydrogen-bond donors (Lipinski definition) is 1. The molecule has 100 valence electrons. The van der Waals surface area contributed by atoms with Gasteiger partial charge in [0.1, 0.15) is 0 Å². The van der Waals surface area contributed by atoms with Crippen LogP contribution in [0, 0.1) is 30.9 Å². The monoisotopic (exact) mass is 276 g/mol. The van der Waals surface area contributed by atoms with E-state index in [0.717, 1.165) is 11.3 Å². The minimum atomic E-state index is -0.371. The van der Waals surface area contributed by atoms with Crippen molar-refractivity contribution in [3.8, 4) is 0 Å². The van der Waals surface area contributed by atoms with Gasteiger partial charge in [0.25, 0.3) is 5.69 Å². The Bertz CT molecular complexity index is 600. The molecule has 0 unspecified atom stereocenters. The molecule has 19 heavy (non-hydrogen) atoms. The Balaban J connectivity index is 2.14. The minimum absolute atomic E-state index is 0.117. The zero-order valence-electron chi connectivity index (χ0n) is 11.2. The summed E-state index contributed by atoms with van der Waals surface area (Å²) >= 11 is 1.75. The smallest absolute Gasteiger partial charge is 0.271 e. The largest absolute Gasteiger partial charge is 0.380 e. The Hall–Kier alpha value is -1.88. The molecule has 5 heteroatoms. The van der Waals surface area contributed by atoms with E-state index in [0.29, 0.717) is 6.54 Å². The van der Waals surface area contributed by atoms with Gasteiger partial charge in [0.05, 0.1) is 4.92 Å². The lowest BCUT2D eigenvalue weighted by Crippen LogP contribution is -2.00. The summed E-state index contributed by atoms with van der Waals surface area (Å²) in [6.45, 7) is 6.83. The standard InChI is InChI=1S/C14H16N2O2S/c1-9-4-5-12(16(17)18)7-14(9)15-8-13-6-10(2)11(3)19-13/h4-7,15H,8H2,1-3H3. The summed E-state index contributed by atoms with van der Waals surface area (Å²) in [6, 6.07) is 7.04. The number of thiophene rings is 1. The first-order valence-electron chi connectivity index (χ1n) is 6.02. The van der Waals surface area contributed by atoms with Gasteiger partial charge in [0.2, 0.25) is 0 Å². The van der Waals surface area contributed by atoms with Crippen molar-refractivity contribution in [2.75, 3.05) is 5.32 Å². The fourth-order valence-electron chi connectivity index (χ4n) is 1.83. The average molecular weight is 276 g/mol. The number of benzene rings is 1. The van der Waals surface area contributed by atoms with Crippen molar-refractivity contribution < 1.29 is 4.92 Å². The molecule has 1 aromatic carbocycles. The van der Waals surface area contributed by atoms with E-state index in [2.05, 4.69) is 25.2 Å². The summed E-state index contributed by atoms with van der Waals surface area (Å²) in [4.78, 5) is 12.9. The number of hydrogen-bond acceptors (Lipinski definition) is 4. The third-order valence-electron chi connectivity index (χ3n) is 3.10. The van der Waals surface area contributed by atoms with Gasteiger partial charge < -0.3 is 5.32 Å². The molecular formula is C14H16N2O2S. The fourth-order valence-corrected chi connectivity index (χ4v) is 2.83. The SMILES string of the molecule is Cc1ccc([N+](=O)[O-])cc1NCc1cc(C)c(C)s1. The third kappa shape index (κ3) is 3.12. The molecule has 0 aliphatic heterocycles. The molecule has 4 nitrogen and oxygen atoms in total. The van der Waals surface area contributed by atoms with Gasteiger partial charge in [-0.1, -0.05) is 6.07 Å². The predicted molar refractivity (Wildman–Crippen MR) is 79.0 cm³/mol. The Morgan fingerprint density at radius 1 is 1.21 bits per heavy atom. The molecule has 1 aromatic heterocycles. The second kappa shape index (κ2) is 5.40. The molecule has 2 aromatic rings. The first kappa shape index (κ1) is 13.5. The summed E-state index contributed by atoms with van der Waals surface area (Å²) in [5.41, 5.74) is 3.23. The highest BCUT2D eigenvalue weighted by molar-refractivity contribution is 7.12. The van der Waals surface area contributed by atoms with Crippen LogP contribution in [-0.2, 0) is 6.54 Å². The number of non-ortho nitro benzene ring substituents is 1. The molecule has 0 bridgehead atoms. The first-order valence-corrected chi connectivity index (χ1v) is 6.84. The topological polar surface area (TPSA) is 55.2 Å². The summed E-state index contributed by atoms with van der Waals surface area (Å²) in [5.74, 6) is 0. The molecule has 0 saturated carbocycles. The maximum atomic E-state index is 10.8.